The van der Waals surface area contributed by atoms with Crippen molar-refractivity contribution in [3.8, 4) is 0 Å². The number of carbonyl (C=O) groups is 4. The van der Waals surface area contributed by atoms with Crippen molar-refractivity contribution >= 4 is 34.6 Å². The molecule has 2 aromatic carbocycles. The van der Waals surface area contributed by atoms with Crippen LogP contribution >= 0.6 is 0 Å². The Balaban J connectivity index is 1.50. The fraction of sp³-hybridized carbons (Fsp3) is 0.357. The van der Waals surface area contributed by atoms with Gasteiger partial charge in [-0.2, -0.15) is 0 Å². The number of hydrogen-bond acceptors (Lipinski definition) is 4. The molecule has 6 rings (SSSR count). The van der Waals surface area contributed by atoms with Crippen LogP contribution in [0.4, 0.5) is 5.69 Å². The number of benzene rings is 2. The molecule has 3 aliphatic carbocycles. The number of carbonyl (C=O) groups excluding carboxylic acids is 4. The van der Waals surface area contributed by atoms with Crippen LogP contribution in [0.5, 0.6) is 0 Å². The second-order valence-corrected chi connectivity index (χ2v) is 9.80. The Morgan fingerprint density at radius 2 is 1.48 bits per heavy atom. The molecule has 1 saturated carbocycles. The van der Waals surface area contributed by atoms with Crippen LogP contribution in [-0.4, -0.2) is 23.4 Å². The Labute approximate surface area is 192 Å². The molecule has 166 valence electrons. The van der Waals surface area contributed by atoms with E-state index in [-0.39, 0.29) is 29.3 Å². The quantitative estimate of drug-likeness (QED) is 0.494. The van der Waals surface area contributed by atoms with Gasteiger partial charge in [0.15, 0.2) is 0 Å². The van der Waals surface area contributed by atoms with Crippen LogP contribution in [0.15, 0.2) is 60.7 Å². The molecule has 1 spiro atoms. The molecular formula is C28H25NO4. The molecule has 2 aromatic rings. The van der Waals surface area contributed by atoms with E-state index in [4.69, 9.17) is 0 Å². The molecule has 5 heteroatoms. The first kappa shape index (κ1) is 20.3. The Kier molecular flexibility index (Phi) is 4.51. The molecular weight excluding hydrogens is 414 g/mol. The number of nitrogens with zero attached hydrogens (tertiary/aromatic N) is 1. The molecule has 1 heterocycles. The molecule has 33 heavy (non-hydrogen) atoms. The van der Waals surface area contributed by atoms with Crippen LogP contribution in [-0.2, 0) is 25.6 Å². The molecule has 1 saturated heterocycles. The van der Waals surface area contributed by atoms with Crippen LogP contribution in [0.2, 0.25) is 0 Å². The standard InChI is InChI=1S/C28H25NO4/c30-23-11-6-12-24(31)28(23)15-17-7-4-5-10-19(17)20-13-14-21-25(22(20)16-28)27(33)29(26(21)32)18-8-2-1-3-9-18/h1-5,7-10,13,21-22,25H,6,11-12,14-16H2/t21-,22+,25-/m1/s1. The summed E-state index contributed by atoms with van der Waals surface area (Å²) >= 11 is 0. The van der Waals surface area contributed by atoms with E-state index < -0.39 is 17.3 Å². The van der Waals surface area contributed by atoms with Crippen LogP contribution in [0.25, 0.3) is 5.57 Å². The first-order valence-corrected chi connectivity index (χ1v) is 11.8. The maximum atomic E-state index is 13.8. The lowest BCUT2D eigenvalue weighted by Gasteiger charge is -2.38. The number of Topliss-reactive ketones (excluding diaryl/α,β-unsaturated/α-hetero) is 2. The molecule has 0 aromatic heterocycles. The highest BCUT2D eigenvalue weighted by molar-refractivity contribution is 6.23. The number of ketones is 2. The summed E-state index contributed by atoms with van der Waals surface area (Å²) in [5.74, 6) is -1.74. The Morgan fingerprint density at radius 3 is 2.24 bits per heavy atom. The lowest BCUT2D eigenvalue weighted by Crippen LogP contribution is -2.46. The first-order valence-electron chi connectivity index (χ1n) is 11.8. The number of fused-ring (bicyclic) bond motifs is 5. The molecule has 3 atom stereocenters. The highest BCUT2D eigenvalue weighted by atomic mass is 16.2. The van der Waals surface area contributed by atoms with E-state index in [0.717, 1.165) is 16.7 Å². The fourth-order valence-corrected chi connectivity index (χ4v) is 6.62. The largest absolute Gasteiger partial charge is 0.299 e. The normalized spacial score (nSPS) is 28.2. The van der Waals surface area contributed by atoms with Crippen molar-refractivity contribution in [3.05, 3.63) is 71.8 Å². The highest BCUT2D eigenvalue weighted by Crippen LogP contribution is 2.54. The number of imide groups is 1. The monoisotopic (exact) mass is 439 g/mol. The van der Waals surface area contributed by atoms with Crippen molar-refractivity contribution in [2.75, 3.05) is 4.90 Å². The smallest absolute Gasteiger partial charge is 0.238 e. The third-order valence-corrected chi connectivity index (χ3v) is 8.18. The van der Waals surface area contributed by atoms with Gasteiger partial charge in [-0.1, -0.05) is 48.5 Å². The van der Waals surface area contributed by atoms with E-state index in [1.165, 1.54) is 4.90 Å². The second kappa shape index (κ2) is 7.34. The second-order valence-electron chi connectivity index (χ2n) is 9.80. The van der Waals surface area contributed by atoms with E-state index in [2.05, 4.69) is 6.08 Å². The first-order chi connectivity index (χ1) is 16.0. The number of hydrogen-bond donors (Lipinski definition) is 0. The van der Waals surface area contributed by atoms with Crippen LogP contribution in [0, 0.1) is 23.2 Å². The van der Waals surface area contributed by atoms with Gasteiger partial charge in [-0.3, -0.25) is 24.1 Å². The third kappa shape index (κ3) is 2.84. The van der Waals surface area contributed by atoms with Crippen molar-refractivity contribution in [1.29, 1.82) is 0 Å². The van der Waals surface area contributed by atoms with E-state index in [9.17, 15) is 19.2 Å². The summed E-state index contributed by atoms with van der Waals surface area (Å²) in [5.41, 5.74) is 2.51. The highest BCUT2D eigenvalue weighted by Gasteiger charge is 2.58. The van der Waals surface area contributed by atoms with Gasteiger partial charge in [-0.05, 0) is 60.4 Å². The lowest BCUT2D eigenvalue weighted by molar-refractivity contribution is -0.146. The predicted octanol–water partition coefficient (Wildman–Crippen LogP) is 4.15. The van der Waals surface area contributed by atoms with Crippen molar-refractivity contribution in [1.82, 2.24) is 0 Å². The van der Waals surface area contributed by atoms with Gasteiger partial charge in [0, 0.05) is 12.8 Å². The number of allylic oxidation sites excluding steroid dienone is 2. The van der Waals surface area contributed by atoms with Crippen LogP contribution < -0.4 is 4.90 Å². The molecule has 2 amide bonds. The van der Waals surface area contributed by atoms with Gasteiger partial charge in [0.2, 0.25) is 11.8 Å². The molecule has 0 radical (unpaired) electrons. The van der Waals surface area contributed by atoms with E-state index >= 15 is 0 Å². The zero-order valence-electron chi connectivity index (χ0n) is 18.3. The Hall–Kier alpha value is -3.34. The molecule has 2 fully saturated rings. The van der Waals surface area contributed by atoms with Gasteiger partial charge in [0.25, 0.3) is 0 Å². The predicted molar refractivity (Wildman–Crippen MR) is 123 cm³/mol. The fourth-order valence-electron chi connectivity index (χ4n) is 6.62. The average molecular weight is 440 g/mol. The summed E-state index contributed by atoms with van der Waals surface area (Å²) in [5, 5.41) is 0. The Bertz CT molecular complexity index is 1210. The summed E-state index contributed by atoms with van der Waals surface area (Å²) in [6, 6.07) is 17.0. The van der Waals surface area contributed by atoms with Gasteiger partial charge in [-0.15, -0.1) is 0 Å². The van der Waals surface area contributed by atoms with Gasteiger partial charge in [-0.25, -0.2) is 0 Å². The Morgan fingerprint density at radius 1 is 0.788 bits per heavy atom. The lowest BCUT2D eigenvalue weighted by atomic mass is 9.61. The molecule has 5 nitrogen and oxygen atoms in total. The number of para-hydroxylation sites is 1. The van der Waals surface area contributed by atoms with Crippen molar-refractivity contribution in [3.63, 3.8) is 0 Å². The van der Waals surface area contributed by atoms with Crippen molar-refractivity contribution in [2.45, 2.75) is 38.5 Å². The zero-order valence-corrected chi connectivity index (χ0v) is 18.3. The average Bonchev–Trinajstić information content (AvgIpc) is 2.99. The molecule has 0 N–H and O–H groups in total. The van der Waals surface area contributed by atoms with E-state index in [1.54, 1.807) is 12.1 Å². The summed E-state index contributed by atoms with van der Waals surface area (Å²) in [6.45, 7) is 0. The van der Waals surface area contributed by atoms with Crippen LogP contribution in [0.1, 0.15) is 43.2 Å². The number of rotatable bonds is 1. The minimum atomic E-state index is -1.10. The summed E-state index contributed by atoms with van der Waals surface area (Å²) in [4.78, 5) is 55.2. The molecule has 4 aliphatic rings. The summed E-state index contributed by atoms with van der Waals surface area (Å²) < 4.78 is 0. The maximum Gasteiger partial charge on any atom is 0.238 e. The minimum absolute atomic E-state index is 0.00591. The SMILES string of the molecule is O=C1[C@@H]2[C@@H](CC=C3c4ccccc4CC4(C[C@@H]32)C(=O)CCCC4=O)C(=O)N1c1ccccc1. The van der Waals surface area contributed by atoms with Crippen LogP contribution in [0.3, 0.4) is 0 Å². The minimum Gasteiger partial charge on any atom is -0.299 e. The topological polar surface area (TPSA) is 71.5 Å². The van der Waals surface area contributed by atoms with E-state index in [1.807, 2.05) is 42.5 Å². The van der Waals surface area contributed by atoms with Crippen molar-refractivity contribution in [2.24, 2.45) is 23.2 Å². The molecule has 0 unspecified atom stereocenters. The van der Waals surface area contributed by atoms with Gasteiger partial charge >= 0.3 is 0 Å². The van der Waals surface area contributed by atoms with E-state index in [0.29, 0.717) is 44.2 Å². The molecule has 0 bridgehead atoms. The number of anilines is 1. The van der Waals surface area contributed by atoms with Gasteiger partial charge in [0.1, 0.15) is 11.6 Å². The summed E-state index contributed by atoms with van der Waals surface area (Å²) in [6.07, 6.45) is 4.67. The maximum absolute atomic E-state index is 13.8. The summed E-state index contributed by atoms with van der Waals surface area (Å²) in [7, 11) is 0. The van der Waals surface area contributed by atoms with Gasteiger partial charge in [0.05, 0.1) is 22.9 Å². The molecule has 1 aliphatic heterocycles. The zero-order chi connectivity index (χ0) is 22.7. The third-order valence-electron chi connectivity index (χ3n) is 8.18. The number of amides is 2. The van der Waals surface area contributed by atoms with Crippen molar-refractivity contribution < 1.29 is 19.2 Å². The van der Waals surface area contributed by atoms with Gasteiger partial charge < -0.3 is 0 Å².